The Hall–Kier alpha value is -3.96. The molecule has 0 amide bonds. The molecule has 4 aliphatic rings. The number of piperidine rings is 1. The number of hydrogen-bond donors (Lipinski definition) is 0. The third-order valence-electron chi connectivity index (χ3n) is 10.8. The van der Waals surface area contributed by atoms with Crippen LogP contribution in [0.1, 0.15) is 38.2 Å². The lowest BCUT2D eigenvalue weighted by molar-refractivity contribution is -0.112. The number of benzene rings is 2. The number of rotatable bonds is 11. The molecule has 3 atom stereocenters. The molecule has 3 saturated heterocycles. The molecule has 9 rings (SSSR count). The van der Waals surface area contributed by atoms with Crippen LogP contribution in [0, 0.1) is 47.1 Å². The molecule has 2 bridgehead atoms. The highest BCUT2D eigenvalue weighted by Gasteiger charge is 2.43. The molecule has 0 N–H and O–H groups in total. The molecular weight excluding hydrogens is 847 g/mol. The molecule has 1 aliphatic carbocycles. The van der Waals surface area contributed by atoms with Crippen molar-refractivity contribution >= 4 is 44.9 Å². The zero-order valence-corrected chi connectivity index (χ0v) is 34.8. The van der Waals surface area contributed by atoms with Gasteiger partial charge in [-0.25, -0.2) is 28.1 Å². The molecular formula is C39H42BrCl2F2N9O4. The molecule has 18 heteroatoms. The van der Waals surface area contributed by atoms with Gasteiger partial charge in [-0.3, -0.25) is 0 Å². The van der Waals surface area contributed by atoms with Gasteiger partial charge in [-0.1, -0.05) is 37.0 Å². The van der Waals surface area contributed by atoms with Crippen LogP contribution in [0.2, 0.25) is 10.0 Å². The Morgan fingerprint density at radius 3 is 1.82 bits per heavy atom. The fourth-order valence-corrected chi connectivity index (χ4v) is 8.76. The molecule has 0 spiro atoms. The van der Waals surface area contributed by atoms with Crippen molar-refractivity contribution in [1.82, 2.24) is 39.5 Å². The van der Waals surface area contributed by atoms with Gasteiger partial charge >= 0.3 is 12.0 Å². The van der Waals surface area contributed by atoms with Crippen LogP contribution in [-0.2, 0) is 29.0 Å². The lowest BCUT2D eigenvalue weighted by Crippen LogP contribution is -2.43. The highest BCUT2D eigenvalue weighted by atomic mass is 79.9. The summed E-state index contributed by atoms with van der Waals surface area (Å²) in [5.41, 5.74) is 0.968. The van der Waals surface area contributed by atoms with Crippen LogP contribution in [-0.4, -0.2) is 79.0 Å². The van der Waals surface area contributed by atoms with E-state index in [4.69, 9.17) is 52.2 Å². The third kappa shape index (κ3) is 9.51. The van der Waals surface area contributed by atoms with Crippen molar-refractivity contribution in [2.75, 3.05) is 44.4 Å². The first-order chi connectivity index (χ1) is 27.3. The molecule has 4 fully saturated rings. The summed E-state index contributed by atoms with van der Waals surface area (Å²) >= 11 is 15.1. The number of ether oxygens (including phenoxy) is 4. The highest BCUT2D eigenvalue weighted by Crippen LogP contribution is 2.44. The summed E-state index contributed by atoms with van der Waals surface area (Å²) in [6.45, 7) is 12.1. The van der Waals surface area contributed by atoms with E-state index in [1.807, 2.05) is 6.92 Å². The van der Waals surface area contributed by atoms with E-state index >= 15 is 0 Å². The van der Waals surface area contributed by atoms with Crippen LogP contribution >= 0.6 is 39.1 Å². The van der Waals surface area contributed by atoms with Gasteiger partial charge in [-0.05, 0) is 77.7 Å². The van der Waals surface area contributed by atoms with Gasteiger partial charge in [0.05, 0.1) is 39.5 Å². The lowest BCUT2D eigenvalue weighted by Gasteiger charge is -2.38. The molecule has 3 aromatic heterocycles. The highest BCUT2D eigenvalue weighted by molar-refractivity contribution is 9.10. The first-order valence-corrected chi connectivity index (χ1v) is 20.3. The fraction of sp³-hybridized carbons (Fsp3) is 0.487. The van der Waals surface area contributed by atoms with E-state index in [1.54, 1.807) is 21.8 Å². The number of aromatic nitrogens is 8. The van der Waals surface area contributed by atoms with E-state index in [-0.39, 0.29) is 32.6 Å². The Bertz CT molecular complexity index is 2180. The average molecular weight is 890 g/mol. The van der Waals surface area contributed by atoms with Gasteiger partial charge in [0, 0.05) is 64.3 Å². The fourth-order valence-electron chi connectivity index (χ4n) is 7.99. The van der Waals surface area contributed by atoms with Gasteiger partial charge in [0.2, 0.25) is 4.73 Å². The van der Waals surface area contributed by atoms with Crippen LogP contribution in [0.5, 0.6) is 23.5 Å². The molecule has 302 valence electrons. The van der Waals surface area contributed by atoms with Crippen LogP contribution in [0.25, 0.3) is 0 Å². The number of nitrogens with zero attached hydrogens (tertiary/aromatic N) is 9. The van der Waals surface area contributed by atoms with Gasteiger partial charge in [-0.15, -0.1) is 5.10 Å². The van der Waals surface area contributed by atoms with E-state index in [0.29, 0.717) is 73.8 Å². The van der Waals surface area contributed by atoms with Crippen molar-refractivity contribution in [2.24, 2.45) is 28.6 Å². The van der Waals surface area contributed by atoms with E-state index in [1.165, 1.54) is 43.2 Å². The van der Waals surface area contributed by atoms with Crippen molar-refractivity contribution in [1.29, 1.82) is 0 Å². The van der Waals surface area contributed by atoms with Crippen molar-refractivity contribution in [2.45, 2.75) is 53.1 Å². The maximum absolute atomic E-state index is 13.9. The first kappa shape index (κ1) is 39.8. The Balaban J connectivity index is 0.000000184. The van der Waals surface area contributed by atoms with E-state index < -0.39 is 11.6 Å². The second-order valence-electron chi connectivity index (χ2n) is 16.2. The zero-order valence-electron chi connectivity index (χ0n) is 31.7. The molecule has 1 saturated carbocycles. The van der Waals surface area contributed by atoms with Gasteiger partial charge in [-0.2, -0.15) is 15.1 Å². The predicted molar refractivity (Wildman–Crippen MR) is 211 cm³/mol. The monoisotopic (exact) mass is 887 g/mol. The normalized spacial score (nSPS) is 21.6. The molecule has 6 heterocycles. The summed E-state index contributed by atoms with van der Waals surface area (Å²) in [7, 11) is 0. The van der Waals surface area contributed by atoms with Gasteiger partial charge < -0.3 is 23.8 Å². The third-order valence-corrected chi connectivity index (χ3v) is 11.6. The van der Waals surface area contributed by atoms with Crippen molar-refractivity contribution in [3.63, 3.8) is 0 Å². The van der Waals surface area contributed by atoms with E-state index in [2.05, 4.69) is 60.8 Å². The van der Waals surface area contributed by atoms with E-state index in [9.17, 15) is 8.78 Å². The summed E-state index contributed by atoms with van der Waals surface area (Å²) in [6.07, 6.45) is 4.86. The minimum absolute atomic E-state index is 0.00479. The lowest BCUT2D eigenvalue weighted by atomic mass is 9.82. The maximum atomic E-state index is 13.9. The van der Waals surface area contributed by atoms with Crippen molar-refractivity contribution in [3.05, 3.63) is 86.7 Å². The Morgan fingerprint density at radius 2 is 1.32 bits per heavy atom. The predicted octanol–water partition coefficient (Wildman–Crippen LogP) is 8.36. The van der Waals surface area contributed by atoms with Crippen LogP contribution in [0.15, 0.2) is 53.5 Å². The summed E-state index contributed by atoms with van der Waals surface area (Å²) < 4.78 is 53.4. The Kier molecular flexibility index (Phi) is 11.4. The Labute approximate surface area is 347 Å². The van der Waals surface area contributed by atoms with Crippen LogP contribution in [0.3, 0.4) is 0 Å². The topological polar surface area (TPSA) is 127 Å². The molecule has 0 radical (unpaired) electrons. The second kappa shape index (κ2) is 16.4. The summed E-state index contributed by atoms with van der Waals surface area (Å²) in [4.78, 5) is 20.1. The second-order valence-corrected chi connectivity index (χ2v) is 17.8. The van der Waals surface area contributed by atoms with Crippen molar-refractivity contribution in [3.8, 4) is 23.5 Å². The number of fused-ring (bicyclic) bond motifs is 2. The van der Waals surface area contributed by atoms with Crippen molar-refractivity contribution < 1.29 is 27.7 Å². The molecule has 2 aromatic carbocycles. The first-order valence-electron chi connectivity index (χ1n) is 18.8. The van der Waals surface area contributed by atoms with E-state index in [0.717, 1.165) is 36.8 Å². The number of anilines is 1. The zero-order chi connectivity index (χ0) is 39.9. The summed E-state index contributed by atoms with van der Waals surface area (Å²) in [5, 5.41) is 9.63. The maximum Gasteiger partial charge on any atom is 0.321 e. The summed E-state index contributed by atoms with van der Waals surface area (Å²) in [5.74, 6) is 3.08. The number of halogens is 5. The van der Waals surface area contributed by atoms with Gasteiger partial charge in [0.15, 0.2) is 5.82 Å². The SMILES string of the molecule is CC1(Cn2nc(Br)nc2Oc2cc(F)cc(Cl)c2)COC1.Cc1cc(N2C[C@H]3CC[C@@H](C2)C3Cc2nc(Oc3cc(F)cc(Cl)c3)n(CC3(C)COC3)n2)ncn1. The molecule has 5 aromatic rings. The quantitative estimate of drug-likeness (QED) is 0.127. The average Bonchev–Trinajstić information content (AvgIpc) is 3.71. The van der Waals surface area contributed by atoms with Crippen LogP contribution in [0.4, 0.5) is 14.6 Å². The molecule has 1 unspecified atom stereocenters. The van der Waals surface area contributed by atoms with Gasteiger partial charge in [0.1, 0.15) is 35.3 Å². The number of hydrogen-bond acceptors (Lipinski definition) is 11. The largest absolute Gasteiger partial charge is 0.424 e. The number of aryl methyl sites for hydroxylation is 1. The van der Waals surface area contributed by atoms with Crippen LogP contribution < -0.4 is 14.4 Å². The standard InChI is InChI=1S/C26H30ClFN6O2.C13H12BrClFN3O2/c1-16-5-24(30-15-29-16)33-10-17-3-4-18(11-33)22(17)9-23-31-25(34(32-23)12-26(2)13-35-14-26)36-21-7-19(27)6-20(28)8-21;1-13(6-20-7-13)5-19-12(17-11(14)18-19)21-10-3-8(15)2-9(16)4-10/h5-8,15,17-18,22H,3-4,9-14H2,1-2H3;2-4H,5-7H2,1H3/t17-,18+,22?;. The molecule has 3 aliphatic heterocycles. The minimum Gasteiger partial charge on any atom is -0.424 e. The molecule has 57 heavy (non-hydrogen) atoms. The minimum atomic E-state index is -0.470. The smallest absolute Gasteiger partial charge is 0.321 e. The van der Waals surface area contributed by atoms with Gasteiger partial charge in [0.25, 0.3) is 0 Å². The molecule has 13 nitrogen and oxygen atoms in total. The summed E-state index contributed by atoms with van der Waals surface area (Å²) in [6, 6.07) is 10.8. The Morgan fingerprint density at radius 1 is 0.772 bits per heavy atom.